The predicted molar refractivity (Wildman–Crippen MR) is 61.1 cm³/mol. The maximum absolute atomic E-state index is 12.0. The fourth-order valence-electron chi connectivity index (χ4n) is 4.33. The molecule has 0 radical (unpaired) electrons. The summed E-state index contributed by atoms with van der Waals surface area (Å²) in [6, 6.07) is -0.384. The van der Waals surface area contributed by atoms with Crippen LogP contribution in [0.25, 0.3) is 0 Å². The molecule has 1 heterocycles. The third-order valence-electron chi connectivity index (χ3n) is 4.92. The van der Waals surface area contributed by atoms with Crippen molar-refractivity contribution in [3.05, 3.63) is 0 Å². The summed E-state index contributed by atoms with van der Waals surface area (Å²) in [5, 5.41) is 2.84. The molecule has 17 heavy (non-hydrogen) atoms. The second-order valence-electron chi connectivity index (χ2n) is 5.74. The number of hydrogen-bond acceptors (Lipinski definition) is 3. The number of fused-ring (bicyclic) bond motifs is 3. The molecule has 94 valence electrons. The average molecular weight is 237 g/mol. The highest BCUT2D eigenvalue weighted by molar-refractivity contribution is 5.90. The van der Waals surface area contributed by atoms with Crippen molar-refractivity contribution in [2.24, 2.45) is 17.3 Å². The molecule has 1 saturated heterocycles. The number of amides is 1. The van der Waals surface area contributed by atoms with Crippen LogP contribution in [0.3, 0.4) is 0 Å². The van der Waals surface area contributed by atoms with E-state index in [1.165, 1.54) is 19.3 Å². The van der Waals surface area contributed by atoms with E-state index in [9.17, 15) is 9.59 Å². The van der Waals surface area contributed by atoms with Gasteiger partial charge in [0.05, 0.1) is 6.61 Å². The van der Waals surface area contributed by atoms with Crippen LogP contribution in [0.2, 0.25) is 0 Å². The molecule has 2 saturated carbocycles. The topological polar surface area (TPSA) is 55.4 Å². The van der Waals surface area contributed by atoms with E-state index in [1.54, 1.807) is 0 Å². The minimum atomic E-state index is -0.384. The maximum atomic E-state index is 12.0. The summed E-state index contributed by atoms with van der Waals surface area (Å²) < 4.78 is 5.11. The molecule has 1 N–H and O–H groups in total. The van der Waals surface area contributed by atoms with Gasteiger partial charge in [-0.15, -0.1) is 0 Å². The summed E-state index contributed by atoms with van der Waals surface area (Å²) in [5.41, 5.74) is -0.119. The van der Waals surface area contributed by atoms with Crippen LogP contribution in [0, 0.1) is 17.3 Å². The van der Waals surface area contributed by atoms with Crippen LogP contribution >= 0.6 is 0 Å². The van der Waals surface area contributed by atoms with Crippen LogP contribution in [-0.4, -0.2) is 24.5 Å². The van der Waals surface area contributed by atoms with Gasteiger partial charge in [0.25, 0.3) is 0 Å². The van der Waals surface area contributed by atoms with E-state index in [-0.39, 0.29) is 23.3 Å². The number of ether oxygens (including phenoxy) is 1. The van der Waals surface area contributed by atoms with Crippen LogP contribution in [0.5, 0.6) is 0 Å². The molecule has 4 heteroatoms. The monoisotopic (exact) mass is 237 g/mol. The van der Waals surface area contributed by atoms with Crippen molar-refractivity contribution >= 4 is 11.9 Å². The van der Waals surface area contributed by atoms with Crippen molar-refractivity contribution in [1.82, 2.24) is 5.32 Å². The van der Waals surface area contributed by atoms with Gasteiger partial charge < -0.3 is 10.1 Å². The summed E-state index contributed by atoms with van der Waals surface area (Å²) in [6.45, 7) is 2.19. The molecular formula is C13H19NO3. The van der Waals surface area contributed by atoms with Gasteiger partial charge in [-0.1, -0.05) is 6.42 Å². The second-order valence-corrected chi connectivity index (χ2v) is 5.74. The predicted octanol–water partition coefficient (Wildman–Crippen LogP) is 1.24. The quantitative estimate of drug-likeness (QED) is 0.735. The van der Waals surface area contributed by atoms with Gasteiger partial charge in [-0.3, -0.25) is 4.79 Å². The zero-order chi connectivity index (χ0) is 12.0. The van der Waals surface area contributed by atoms with Crippen LogP contribution in [0.4, 0.5) is 0 Å². The third-order valence-corrected chi connectivity index (χ3v) is 4.92. The first-order valence-electron chi connectivity index (χ1n) is 6.61. The number of carbonyl (C=O) groups is 2. The molecule has 1 spiro atoms. The Morgan fingerprint density at radius 2 is 2.35 bits per heavy atom. The molecule has 0 aromatic heterocycles. The summed E-state index contributed by atoms with van der Waals surface area (Å²) in [4.78, 5) is 23.7. The molecule has 2 aliphatic carbocycles. The number of rotatable bonds is 2. The molecule has 3 rings (SSSR count). The zero-order valence-corrected chi connectivity index (χ0v) is 10.2. The first kappa shape index (κ1) is 11.1. The molecule has 3 aliphatic rings. The number of hydrogen-bond donors (Lipinski definition) is 1. The zero-order valence-electron chi connectivity index (χ0n) is 10.2. The smallest absolute Gasteiger partial charge is 0.329 e. The maximum Gasteiger partial charge on any atom is 0.329 e. The Hall–Kier alpha value is -1.06. The van der Waals surface area contributed by atoms with Gasteiger partial charge in [-0.25, -0.2) is 4.79 Å². The molecule has 4 unspecified atom stereocenters. The molecular weight excluding hydrogens is 218 g/mol. The highest BCUT2D eigenvalue weighted by Gasteiger charge is 2.61. The van der Waals surface area contributed by atoms with Crippen LogP contribution in [-0.2, 0) is 14.3 Å². The number of carbonyl (C=O) groups excluding carboxylic acids is 2. The lowest BCUT2D eigenvalue weighted by molar-refractivity contribution is -0.149. The molecule has 4 nitrogen and oxygen atoms in total. The van der Waals surface area contributed by atoms with Gasteiger partial charge in [-0.2, -0.15) is 0 Å². The van der Waals surface area contributed by atoms with Crippen LogP contribution in [0.1, 0.15) is 39.0 Å². The molecule has 1 amide bonds. The van der Waals surface area contributed by atoms with E-state index in [0.29, 0.717) is 18.9 Å². The van der Waals surface area contributed by atoms with Gasteiger partial charge in [0.15, 0.2) is 0 Å². The summed E-state index contributed by atoms with van der Waals surface area (Å²) in [7, 11) is 0. The van der Waals surface area contributed by atoms with Gasteiger partial charge in [-0.05, 0) is 38.0 Å². The van der Waals surface area contributed by atoms with E-state index in [2.05, 4.69) is 5.32 Å². The minimum Gasteiger partial charge on any atom is -0.464 e. The fraction of sp³-hybridized carbons (Fsp3) is 0.846. The SMILES string of the molecule is CCOC(=O)C1NC(=O)CC12CC1CCC2C1. The van der Waals surface area contributed by atoms with Crippen molar-refractivity contribution < 1.29 is 14.3 Å². The normalized spacial score (nSPS) is 43.1. The standard InChI is InChI=1S/C13H19NO3/c1-2-17-12(16)11-13(7-10(15)14-11)6-8-3-4-9(13)5-8/h8-9,11H,2-7H2,1H3,(H,14,15). The van der Waals surface area contributed by atoms with E-state index in [1.807, 2.05) is 6.92 Å². The highest BCUT2D eigenvalue weighted by Crippen LogP contribution is 2.60. The summed E-state index contributed by atoms with van der Waals surface area (Å²) in [5.74, 6) is 1.06. The van der Waals surface area contributed by atoms with E-state index < -0.39 is 0 Å². The van der Waals surface area contributed by atoms with Crippen molar-refractivity contribution in [2.45, 2.75) is 45.1 Å². The Balaban J connectivity index is 1.87. The van der Waals surface area contributed by atoms with E-state index in [4.69, 9.17) is 4.74 Å². The largest absolute Gasteiger partial charge is 0.464 e. The molecule has 1 aliphatic heterocycles. The highest BCUT2D eigenvalue weighted by atomic mass is 16.5. The Bertz CT molecular complexity index is 368. The molecule has 2 bridgehead atoms. The minimum absolute atomic E-state index is 0.0237. The third kappa shape index (κ3) is 1.49. The van der Waals surface area contributed by atoms with Crippen LogP contribution in [0.15, 0.2) is 0 Å². The van der Waals surface area contributed by atoms with Gasteiger partial charge in [0.2, 0.25) is 5.91 Å². The molecule has 4 atom stereocenters. The molecule has 0 aromatic carbocycles. The lowest BCUT2D eigenvalue weighted by atomic mass is 9.68. The first-order valence-corrected chi connectivity index (χ1v) is 6.61. The molecule has 0 aromatic rings. The van der Waals surface area contributed by atoms with Gasteiger partial charge in [0.1, 0.15) is 6.04 Å². The number of esters is 1. The van der Waals surface area contributed by atoms with Crippen molar-refractivity contribution in [2.75, 3.05) is 6.61 Å². The number of nitrogens with one attached hydrogen (secondary N) is 1. The lowest BCUT2D eigenvalue weighted by Crippen LogP contribution is -2.47. The Labute approximate surface area is 101 Å². The fourth-order valence-corrected chi connectivity index (χ4v) is 4.33. The Morgan fingerprint density at radius 3 is 2.94 bits per heavy atom. The van der Waals surface area contributed by atoms with Crippen molar-refractivity contribution in [3.8, 4) is 0 Å². The van der Waals surface area contributed by atoms with E-state index in [0.717, 1.165) is 12.3 Å². The molecule has 3 fully saturated rings. The first-order chi connectivity index (χ1) is 8.15. The Morgan fingerprint density at radius 1 is 1.53 bits per heavy atom. The average Bonchev–Trinajstić information content (AvgIpc) is 2.93. The van der Waals surface area contributed by atoms with Crippen molar-refractivity contribution in [1.29, 1.82) is 0 Å². The van der Waals surface area contributed by atoms with E-state index >= 15 is 0 Å². The lowest BCUT2D eigenvalue weighted by Gasteiger charge is -2.36. The van der Waals surface area contributed by atoms with Gasteiger partial charge >= 0.3 is 5.97 Å². The van der Waals surface area contributed by atoms with Gasteiger partial charge in [0, 0.05) is 11.8 Å². The Kier molecular flexibility index (Phi) is 2.42. The summed E-state index contributed by atoms with van der Waals surface area (Å²) in [6.07, 6.45) is 5.20. The van der Waals surface area contributed by atoms with Crippen LogP contribution < -0.4 is 5.32 Å². The summed E-state index contributed by atoms with van der Waals surface area (Å²) >= 11 is 0. The van der Waals surface area contributed by atoms with Crippen molar-refractivity contribution in [3.63, 3.8) is 0 Å². The second kappa shape index (κ2) is 3.72.